The van der Waals surface area contributed by atoms with Crippen LogP contribution in [0.4, 0.5) is 11.4 Å². The third-order valence-corrected chi connectivity index (χ3v) is 7.44. The number of aromatic hydroxyl groups is 1. The van der Waals surface area contributed by atoms with Crippen molar-refractivity contribution < 1.29 is 14.6 Å². The van der Waals surface area contributed by atoms with Crippen molar-refractivity contribution in [3.8, 4) is 22.6 Å². The number of carbonyl (C=O) groups is 1. The van der Waals surface area contributed by atoms with E-state index in [1.54, 1.807) is 24.7 Å². The fourth-order valence-electron chi connectivity index (χ4n) is 4.79. The van der Waals surface area contributed by atoms with Crippen LogP contribution in [0.1, 0.15) is 24.0 Å². The summed E-state index contributed by atoms with van der Waals surface area (Å²) in [6.07, 6.45) is 9.96. The van der Waals surface area contributed by atoms with E-state index < -0.39 is 5.41 Å². The van der Waals surface area contributed by atoms with Crippen molar-refractivity contribution in [3.63, 3.8) is 0 Å². The van der Waals surface area contributed by atoms with Crippen molar-refractivity contribution in [1.82, 2.24) is 14.5 Å². The molecule has 1 saturated carbocycles. The van der Waals surface area contributed by atoms with Gasteiger partial charge < -0.3 is 24.5 Å². The molecule has 2 aromatic heterocycles. The Morgan fingerprint density at radius 1 is 1.13 bits per heavy atom. The molecule has 1 fully saturated rings. The van der Waals surface area contributed by atoms with E-state index in [4.69, 9.17) is 21.3 Å². The topological polar surface area (TPSA) is 89.3 Å². The van der Waals surface area contributed by atoms with Crippen LogP contribution in [0.15, 0.2) is 79.5 Å². The van der Waals surface area contributed by atoms with Gasteiger partial charge in [-0.3, -0.25) is 4.98 Å². The molecule has 38 heavy (non-hydrogen) atoms. The summed E-state index contributed by atoms with van der Waals surface area (Å²) >= 11 is 6.28. The van der Waals surface area contributed by atoms with E-state index in [0.29, 0.717) is 5.75 Å². The SMILES string of the molecule is COc1cc(-c2ccc3ncc(C4(C=O)CC4)c(Nc4ccc(Cn5ccnc5)cc4)c3c2)cc(Cl)c1O. The average Bonchev–Trinajstić information content (AvgIpc) is 3.57. The number of imidazole rings is 1. The zero-order chi connectivity index (χ0) is 26.3. The summed E-state index contributed by atoms with van der Waals surface area (Å²) in [6, 6.07) is 17.6. The van der Waals surface area contributed by atoms with E-state index in [2.05, 4.69) is 22.4 Å². The van der Waals surface area contributed by atoms with Crippen LogP contribution in [-0.2, 0) is 16.8 Å². The Bertz CT molecular complexity index is 1650. The van der Waals surface area contributed by atoms with Crippen LogP contribution in [-0.4, -0.2) is 33.0 Å². The van der Waals surface area contributed by atoms with Crippen molar-refractivity contribution >= 4 is 40.2 Å². The smallest absolute Gasteiger partial charge is 0.176 e. The molecule has 2 N–H and O–H groups in total. The first-order chi connectivity index (χ1) is 18.5. The molecule has 3 aromatic carbocycles. The van der Waals surface area contributed by atoms with Crippen LogP contribution in [0, 0.1) is 0 Å². The fraction of sp³-hybridized carbons (Fsp3) is 0.167. The molecule has 0 unspecified atom stereocenters. The highest BCUT2D eigenvalue weighted by molar-refractivity contribution is 6.32. The van der Waals surface area contributed by atoms with Gasteiger partial charge in [-0.05, 0) is 65.9 Å². The highest BCUT2D eigenvalue weighted by Gasteiger charge is 2.46. The van der Waals surface area contributed by atoms with Gasteiger partial charge >= 0.3 is 0 Å². The van der Waals surface area contributed by atoms with Gasteiger partial charge in [0.05, 0.1) is 35.1 Å². The maximum Gasteiger partial charge on any atom is 0.176 e. The Kier molecular flexibility index (Phi) is 6.00. The first-order valence-electron chi connectivity index (χ1n) is 12.3. The number of fused-ring (bicyclic) bond motifs is 1. The number of methoxy groups -OCH3 is 1. The number of carbonyl (C=O) groups excluding carboxylic acids is 1. The molecule has 0 spiro atoms. The Labute approximate surface area is 224 Å². The molecule has 0 saturated heterocycles. The highest BCUT2D eigenvalue weighted by Crippen LogP contribution is 2.51. The van der Waals surface area contributed by atoms with Crippen molar-refractivity contribution in [2.24, 2.45) is 0 Å². The van der Waals surface area contributed by atoms with Gasteiger partial charge in [0.2, 0.25) is 0 Å². The molecule has 0 amide bonds. The van der Waals surface area contributed by atoms with Crippen LogP contribution in [0.5, 0.6) is 11.5 Å². The summed E-state index contributed by atoms with van der Waals surface area (Å²) in [5.74, 6) is 0.203. The Hall–Kier alpha value is -4.36. The van der Waals surface area contributed by atoms with Crippen molar-refractivity contribution in [2.45, 2.75) is 24.8 Å². The second-order valence-electron chi connectivity index (χ2n) is 9.62. The number of aromatic nitrogens is 3. The zero-order valence-corrected chi connectivity index (χ0v) is 21.4. The van der Waals surface area contributed by atoms with E-state index in [0.717, 1.165) is 70.2 Å². The third kappa shape index (κ3) is 4.35. The molecule has 7 nitrogen and oxygen atoms in total. The number of ether oxygens (including phenoxy) is 1. The average molecular weight is 525 g/mol. The van der Waals surface area contributed by atoms with E-state index in [-0.39, 0.29) is 10.8 Å². The lowest BCUT2D eigenvalue weighted by molar-refractivity contribution is -0.109. The monoisotopic (exact) mass is 524 g/mol. The lowest BCUT2D eigenvalue weighted by atomic mass is 9.93. The standard InChI is InChI=1S/C30H25ClN4O3/c1-38-27-14-21(13-25(31)29(27)37)20-4-7-26-23(12-20)28(24(15-33-26)30(17-36)8-9-30)34-22-5-2-19(3-6-22)16-35-11-10-32-18-35/h2-7,10-15,17-18,37H,8-9,16H2,1H3,(H,33,34). The summed E-state index contributed by atoms with van der Waals surface area (Å²) in [6.45, 7) is 0.736. The van der Waals surface area contributed by atoms with Gasteiger partial charge in [-0.2, -0.15) is 0 Å². The third-order valence-electron chi connectivity index (χ3n) is 7.15. The molecule has 1 aliphatic rings. The van der Waals surface area contributed by atoms with Gasteiger partial charge in [0.25, 0.3) is 0 Å². The summed E-state index contributed by atoms with van der Waals surface area (Å²) in [5.41, 5.74) is 5.77. The van der Waals surface area contributed by atoms with E-state index in [9.17, 15) is 9.90 Å². The second kappa shape index (κ2) is 9.50. The number of rotatable bonds is 8. The van der Waals surface area contributed by atoms with Crippen LogP contribution < -0.4 is 10.1 Å². The molecule has 190 valence electrons. The minimum absolute atomic E-state index is 0.0943. The van der Waals surface area contributed by atoms with E-state index >= 15 is 0 Å². The highest BCUT2D eigenvalue weighted by atomic mass is 35.5. The molecule has 0 radical (unpaired) electrons. The quantitative estimate of drug-likeness (QED) is 0.226. The lowest BCUT2D eigenvalue weighted by Gasteiger charge is -2.19. The minimum Gasteiger partial charge on any atom is -0.503 e. The van der Waals surface area contributed by atoms with Gasteiger partial charge in [0.1, 0.15) is 6.29 Å². The number of hydrogen-bond donors (Lipinski definition) is 2. The Balaban J connectivity index is 1.44. The number of nitrogens with zero attached hydrogens (tertiary/aromatic N) is 3. The van der Waals surface area contributed by atoms with Gasteiger partial charge in [-0.1, -0.05) is 29.8 Å². The number of phenols is 1. The largest absolute Gasteiger partial charge is 0.503 e. The van der Waals surface area contributed by atoms with Crippen LogP contribution in [0.25, 0.3) is 22.0 Å². The first-order valence-corrected chi connectivity index (χ1v) is 12.7. The number of halogens is 1. The van der Waals surface area contributed by atoms with Crippen molar-refractivity contribution in [2.75, 3.05) is 12.4 Å². The predicted molar refractivity (Wildman–Crippen MR) is 148 cm³/mol. The van der Waals surface area contributed by atoms with Crippen LogP contribution in [0.2, 0.25) is 5.02 Å². The summed E-state index contributed by atoms with van der Waals surface area (Å²) in [5, 5.41) is 14.9. The van der Waals surface area contributed by atoms with Gasteiger partial charge in [0.15, 0.2) is 11.5 Å². The molecular weight excluding hydrogens is 500 g/mol. The molecule has 0 bridgehead atoms. The maximum atomic E-state index is 12.1. The fourth-order valence-corrected chi connectivity index (χ4v) is 5.01. The molecule has 0 atom stereocenters. The van der Waals surface area contributed by atoms with Crippen molar-refractivity contribution in [3.05, 3.63) is 95.7 Å². The van der Waals surface area contributed by atoms with E-state index in [1.807, 2.05) is 47.3 Å². The molecule has 0 aliphatic heterocycles. The first kappa shape index (κ1) is 24.0. The second-order valence-corrected chi connectivity index (χ2v) is 10.0. The molecular formula is C30H25ClN4O3. The normalized spacial score (nSPS) is 13.8. The Morgan fingerprint density at radius 3 is 2.63 bits per heavy atom. The molecule has 8 heteroatoms. The number of phenolic OH excluding ortho intramolecular Hbond substituents is 1. The molecule has 6 rings (SSSR count). The minimum atomic E-state index is -0.522. The van der Waals surface area contributed by atoms with Crippen molar-refractivity contribution in [1.29, 1.82) is 0 Å². The number of pyridine rings is 1. The van der Waals surface area contributed by atoms with Gasteiger partial charge in [-0.15, -0.1) is 0 Å². The number of aldehydes is 1. The number of nitrogens with one attached hydrogen (secondary N) is 1. The summed E-state index contributed by atoms with van der Waals surface area (Å²) in [4.78, 5) is 20.9. The molecule has 1 aliphatic carbocycles. The predicted octanol–water partition coefficient (Wildman–Crippen LogP) is 6.49. The van der Waals surface area contributed by atoms with Gasteiger partial charge in [0, 0.05) is 41.8 Å². The lowest BCUT2D eigenvalue weighted by Crippen LogP contribution is -2.12. The summed E-state index contributed by atoms with van der Waals surface area (Å²) < 4.78 is 7.32. The van der Waals surface area contributed by atoms with Gasteiger partial charge in [-0.25, -0.2) is 4.98 Å². The molecule has 5 aromatic rings. The summed E-state index contributed by atoms with van der Waals surface area (Å²) in [7, 11) is 1.49. The van der Waals surface area contributed by atoms with Crippen LogP contribution in [0.3, 0.4) is 0 Å². The van der Waals surface area contributed by atoms with Crippen LogP contribution >= 0.6 is 11.6 Å². The maximum absolute atomic E-state index is 12.1. The number of hydrogen-bond acceptors (Lipinski definition) is 6. The number of anilines is 2. The zero-order valence-electron chi connectivity index (χ0n) is 20.7. The Morgan fingerprint density at radius 2 is 1.95 bits per heavy atom. The number of benzene rings is 3. The molecule has 2 heterocycles. The van der Waals surface area contributed by atoms with E-state index in [1.165, 1.54) is 7.11 Å².